The average Bonchev–Trinajstić information content (AvgIpc) is 2.69. The smallest absolute Gasteiger partial charge is 0.345 e. The zero-order chi connectivity index (χ0) is 19.2. The first-order chi connectivity index (χ1) is 13.1. The minimum absolute atomic E-state index is 0.0844. The Morgan fingerprint density at radius 2 is 1.89 bits per heavy atom. The normalized spacial score (nSPS) is 11.9. The third-order valence-corrected chi connectivity index (χ3v) is 4.93. The molecule has 0 N–H and O–H groups in total. The van der Waals surface area contributed by atoms with Crippen LogP contribution in [-0.2, 0) is 9.53 Å². The molecule has 1 aromatic heterocycles. The summed E-state index contributed by atoms with van der Waals surface area (Å²) in [7, 11) is 0. The van der Waals surface area contributed by atoms with Gasteiger partial charge in [0.25, 0.3) is 0 Å². The van der Waals surface area contributed by atoms with Gasteiger partial charge in [0.15, 0.2) is 0 Å². The minimum atomic E-state index is -0.608. The molecule has 0 amide bonds. The maximum atomic E-state index is 12.1. The summed E-state index contributed by atoms with van der Waals surface area (Å²) in [5.41, 5.74) is 1.96. The molecule has 0 unspecified atom stereocenters. The van der Waals surface area contributed by atoms with E-state index in [1.54, 1.807) is 31.2 Å². The summed E-state index contributed by atoms with van der Waals surface area (Å²) in [6.07, 6.45) is 3.88. The summed E-state index contributed by atoms with van der Waals surface area (Å²) < 4.78 is 9.85. The predicted octanol–water partition coefficient (Wildman–Crippen LogP) is 4.22. The Balaban J connectivity index is 0.000000161. The molecule has 2 heterocycles. The zero-order valence-electron chi connectivity index (χ0n) is 14.5. The lowest BCUT2D eigenvalue weighted by Crippen LogP contribution is -2.08. The van der Waals surface area contributed by atoms with Crippen LogP contribution in [0, 0.1) is 6.92 Å². The fourth-order valence-corrected chi connectivity index (χ4v) is 3.44. The number of hydrogen-bond acceptors (Lipinski definition) is 6. The molecule has 0 saturated carbocycles. The van der Waals surface area contributed by atoms with Gasteiger partial charge >= 0.3 is 12.4 Å². The molecule has 0 atom stereocenters. The Bertz CT molecular complexity index is 1080. The second-order valence-electron chi connectivity index (χ2n) is 5.65. The van der Waals surface area contributed by atoms with Crippen molar-refractivity contribution in [3.8, 4) is 0 Å². The molecular formula is C21H16O5S. The second-order valence-corrected chi connectivity index (χ2v) is 6.68. The highest BCUT2D eigenvalue weighted by molar-refractivity contribution is 7.99. The molecule has 4 rings (SSSR count). The lowest BCUT2D eigenvalue weighted by molar-refractivity contribution is -0.123. The van der Waals surface area contributed by atoms with E-state index in [2.05, 4.69) is 4.74 Å². The molecule has 0 aliphatic carbocycles. The Kier molecular flexibility index (Phi) is 5.88. The Labute approximate surface area is 159 Å². The molecule has 0 saturated heterocycles. The van der Waals surface area contributed by atoms with Gasteiger partial charge < -0.3 is 9.15 Å². The van der Waals surface area contributed by atoms with E-state index in [0.717, 1.165) is 16.2 Å². The zero-order valence-corrected chi connectivity index (χ0v) is 15.3. The SMILES string of the molecule is Cc1ccccc1C(=O)OC=O.O=c1c2c(oc3ccccc13)C=CCS2. The van der Waals surface area contributed by atoms with Gasteiger partial charge in [-0.05, 0) is 36.8 Å². The van der Waals surface area contributed by atoms with E-state index in [4.69, 9.17) is 4.42 Å². The standard InChI is InChI=1S/C12H8O2S.C9H8O3/c13-11-8-4-1-2-5-9(8)14-10-6-3-7-15-12(10)11;1-7-4-2-3-5-8(7)9(11)12-6-10/h1-6H,7H2;2-6H,1H3. The van der Waals surface area contributed by atoms with Crippen molar-refractivity contribution in [3.05, 3.63) is 81.7 Å². The summed E-state index contributed by atoms with van der Waals surface area (Å²) in [5, 5.41) is 0.666. The first kappa shape index (κ1) is 18.7. The Hall–Kier alpha value is -3.12. The Morgan fingerprint density at radius 1 is 1.15 bits per heavy atom. The van der Waals surface area contributed by atoms with Gasteiger partial charge in [-0.15, -0.1) is 11.8 Å². The second kappa shape index (κ2) is 8.51. The number of thioether (sulfide) groups is 1. The van der Waals surface area contributed by atoms with Crippen LogP contribution in [0.3, 0.4) is 0 Å². The number of rotatable bonds is 2. The predicted molar refractivity (Wildman–Crippen MR) is 105 cm³/mol. The van der Waals surface area contributed by atoms with Crippen molar-refractivity contribution in [2.24, 2.45) is 0 Å². The number of carbonyl (C=O) groups is 2. The Morgan fingerprint density at radius 3 is 2.67 bits per heavy atom. The van der Waals surface area contributed by atoms with Crippen molar-refractivity contribution in [3.63, 3.8) is 0 Å². The average molecular weight is 380 g/mol. The van der Waals surface area contributed by atoms with Crippen LogP contribution in [0.2, 0.25) is 0 Å². The number of esters is 1. The largest absolute Gasteiger partial charge is 0.455 e. The van der Waals surface area contributed by atoms with E-state index >= 15 is 0 Å². The molecular weight excluding hydrogens is 364 g/mol. The van der Waals surface area contributed by atoms with Crippen LogP contribution in [0.5, 0.6) is 0 Å². The highest BCUT2D eigenvalue weighted by Gasteiger charge is 2.14. The topological polar surface area (TPSA) is 73.6 Å². The van der Waals surface area contributed by atoms with E-state index in [1.807, 2.05) is 36.4 Å². The van der Waals surface area contributed by atoms with Crippen LogP contribution in [0.25, 0.3) is 17.0 Å². The van der Waals surface area contributed by atoms with Gasteiger partial charge in [0.1, 0.15) is 11.3 Å². The van der Waals surface area contributed by atoms with Crippen molar-refractivity contribution >= 4 is 41.2 Å². The van der Waals surface area contributed by atoms with Crippen molar-refractivity contribution in [2.75, 3.05) is 5.75 Å². The van der Waals surface area contributed by atoms with E-state index in [0.29, 0.717) is 22.3 Å². The molecule has 136 valence electrons. The fraction of sp³-hybridized carbons (Fsp3) is 0.0952. The number of carbonyl (C=O) groups excluding carboxylic acids is 2. The van der Waals surface area contributed by atoms with E-state index in [-0.39, 0.29) is 11.9 Å². The van der Waals surface area contributed by atoms with E-state index in [1.165, 1.54) is 11.8 Å². The van der Waals surface area contributed by atoms with Gasteiger partial charge in [0.2, 0.25) is 5.43 Å². The maximum Gasteiger partial charge on any atom is 0.345 e. The van der Waals surface area contributed by atoms with Gasteiger partial charge in [-0.25, -0.2) is 4.79 Å². The monoisotopic (exact) mass is 380 g/mol. The fourth-order valence-electron chi connectivity index (χ4n) is 2.58. The van der Waals surface area contributed by atoms with Crippen LogP contribution < -0.4 is 5.43 Å². The summed E-state index contributed by atoms with van der Waals surface area (Å²) in [5.74, 6) is 0.925. The highest BCUT2D eigenvalue weighted by atomic mass is 32.2. The number of fused-ring (bicyclic) bond motifs is 2. The van der Waals surface area contributed by atoms with Crippen molar-refractivity contribution < 1.29 is 18.7 Å². The third-order valence-electron chi connectivity index (χ3n) is 3.89. The molecule has 0 bridgehead atoms. The lowest BCUT2D eigenvalue weighted by atomic mass is 10.1. The lowest BCUT2D eigenvalue weighted by Gasteiger charge is -2.08. The van der Waals surface area contributed by atoms with Gasteiger partial charge in [-0.1, -0.05) is 36.4 Å². The molecule has 3 aromatic rings. The van der Waals surface area contributed by atoms with Gasteiger partial charge in [0.05, 0.1) is 15.8 Å². The van der Waals surface area contributed by atoms with Gasteiger partial charge in [-0.3, -0.25) is 9.59 Å². The molecule has 2 aromatic carbocycles. The number of benzene rings is 2. The van der Waals surface area contributed by atoms with E-state index < -0.39 is 5.97 Å². The minimum Gasteiger partial charge on any atom is -0.455 e. The molecule has 0 radical (unpaired) electrons. The number of ether oxygens (including phenoxy) is 1. The van der Waals surface area contributed by atoms with Crippen LogP contribution >= 0.6 is 11.8 Å². The quantitative estimate of drug-likeness (QED) is 0.376. The van der Waals surface area contributed by atoms with Gasteiger partial charge in [-0.2, -0.15) is 0 Å². The molecule has 1 aliphatic rings. The summed E-state index contributed by atoms with van der Waals surface area (Å²) in [6.45, 7) is 1.91. The summed E-state index contributed by atoms with van der Waals surface area (Å²) in [4.78, 5) is 33.7. The number of hydrogen-bond donors (Lipinski definition) is 0. The van der Waals surface area contributed by atoms with Crippen LogP contribution in [0.1, 0.15) is 21.7 Å². The first-order valence-electron chi connectivity index (χ1n) is 8.17. The van der Waals surface area contributed by atoms with Crippen LogP contribution in [-0.4, -0.2) is 18.2 Å². The van der Waals surface area contributed by atoms with E-state index in [9.17, 15) is 14.4 Å². The third kappa shape index (κ3) is 4.17. The van der Waals surface area contributed by atoms with Crippen molar-refractivity contribution in [2.45, 2.75) is 11.8 Å². The summed E-state index contributed by atoms with van der Waals surface area (Å²) >= 11 is 1.54. The molecule has 0 fully saturated rings. The molecule has 1 aliphatic heterocycles. The molecule has 27 heavy (non-hydrogen) atoms. The molecule has 0 spiro atoms. The van der Waals surface area contributed by atoms with Crippen LogP contribution in [0.15, 0.2) is 68.7 Å². The van der Waals surface area contributed by atoms with Crippen molar-refractivity contribution in [1.29, 1.82) is 0 Å². The van der Waals surface area contributed by atoms with Crippen LogP contribution in [0.4, 0.5) is 0 Å². The van der Waals surface area contributed by atoms with Crippen molar-refractivity contribution in [1.82, 2.24) is 0 Å². The van der Waals surface area contributed by atoms with Gasteiger partial charge in [0, 0.05) is 5.75 Å². The summed E-state index contributed by atoms with van der Waals surface area (Å²) in [6, 6.07) is 14.3. The number of aryl methyl sites for hydroxylation is 1. The molecule has 5 nitrogen and oxygen atoms in total. The number of para-hydroxylation sites is 1. The highest BCUT2D eigenvalue weighted by Crippen LogP contribution is 2.28. The molecule has 6 heteroatoms. The maximum absolute atomic E-state index is 12.1. The first-order valence-corrected chi connectivity index (χ1v) is 9.16.